The maximum atomic E-state index is 7.39. The van der Waals surface area contributed by atoms with Gasteiger partial charge in [-0.25, -0.2) is 0 Å². The molecule has 1 heterocycles. The average molecular weight is 274 g/mol. The zero-order valence-electron chi connectivity index (χ0n) is 11.7. The molecular formula is C16H22N2O2. The van der Waals surface area contributed by atoms with Crippen molar-refractivity contribution in [3.63, 3.8) is 0 Å². The number of hydrogen-bond donors (Lipinski definition) is 2. The highest BCUT2D eigenvalue weighted by atomic mass is 16.5. The summed E-state index contributed by atoms with van der Waals surface area (Å²) in [5, 5.41) is 7.39. The fraction of sp³-hybridized carbons (Fsp3) is 0.562. The first kappa shape index (κ1) is 13.4. The van der Waals surface area contributed by atoms with Gasteiger partial charge in [0.05, 0.1) is 12.2 Å². The second-order valence-corrected chi connectivity index (χ2v) is 5.91. The fourth-order valence-electron chi connectivity index (χ4n) is 3.36. The van der Waals surface area contributed by atoms with Crippen molar-refractivity contribution in [3.05, 3.63) is 29.8 Å². The van der Waals surface area contributed by atoms with Crippen molar-refractivity contribution in [2.24, 2.45) is 5.73 Å². The zero-order valence-corrected chi connectivity index (χ0v) is 11.7. The first-order valence-electron chi connectivity index (χ1n) is 7.42. The summed E-state index contributed by atoms with van der Waals surface area (Å²) in [5.41, 5.74) is 6.27. The molecule has 1 aliphatic heterocycles. The van der Waals surface area contributed by atoms with Crippen molar-refractivity contribution < 1.29 is 9.47 Å². The molecule has 1 unspecified atom stereocenters. The van der Waals surface area contributed by atoms with Crippen molar-refractivity contribution in [3.8, 4) is 5.75 Å². The maximum absolute atomic E-state index is 7.39. The van der Waals surface area contributed by atoms with Gasteiger partial charge in [-0.3, -0.25) is 5.41 Å². The molecule has 1 saturated carbocycles. The van der Waals surface area contributed by atoms with Crippen LogP contribution in [-0.4, -0.2) is 24.1 Å². The third kappa shape index (κ3) is 2.80. The Bertz CT molecular complexity index is 478. The van der Waals surface area contributed by atoms with E-state index in [0.29, 0.717) is 0 Å². The van der Waals surface area contributed by atoms with E-state index in [1.807, 2.05) is 24.3 Å². The summed E-state index contributed by atoms with van der Waals surface area (Å²) in [6.45, 7) is 0.802. The normalized spacial score (nSPS) is 24.7. The number of nitrogens with two attached hydrogens (primary N) is 1. The average Bonchev–Trinajstić information content (AvgIpc) is 2.87. The summed E-state index contributed by atoms with van der Waals surface area (Å²) in [7, 11) is 0. The predicted molar refractivity (Wildman–Crippen MR) is 78.3 cm³/mol. The highest BCUT2D eigenvalue weighted by molar-refractivity contribution is 5.94. The van der Waals surface area contributed by atoms with E-state index in [1.165, 1.54) is 25.7 Å². The van der Waals surface area contributed by atoms with E-state index in [2.05, 4.69) is 0 Å². The Morgan fingerprint density at radius 2 is 1.95 bits per heavy atom. The molecule has 1 aromatic carbocycles. The Hall–Kier alpha value is -1.55. The lowest BCUT2D eigenvalue weighted by Crippen LogP contribution is -2.41. The Balaban J connectivity index is 1.63. The minimum atomic E-state index is 0.0856. The Morgan fingerprint density at radius 3 is 2.60 bits per heavy atom. The van der Waals surface area contributed by atoms with Crippen molar-refractivity contribution in [2.75, 3.05) is 6.61 Å². The van der Waals surface area contributed by atoms with E-state index in [9.17, 15) is 0 Å². The van der Waals surface area contributed by atoms with Crippen LogP contribution in [0.3, 0.4) is 0 Å². The Kier molecular flexibility index (Phi) is 3.66. The Labute approximate surface area is 119 Å². The van der Waals surface area contributed by atoms with Crippen LogP contribution in [0.15, 0.2) is 24.3 Å². The molecule has 1 aliphatic carbocycles. The van der Waals surface area contributed by atoms with Gasteiger partial charge in [0.15, 0.2) is 0 Å². The van der Waals surface area contributed by atoms with Crippen LogP contribution in [-0.2, 0) is 4.74 Å². The lowest BCUT2D eigenvalue weighted by atomic mass is 9.90. The van der Waals surface area contributed by atoms with E-state index in [-0.39, 0.29) is 17.5 Å². The van der Waals surface area contributed by atoms with Crippen LogP contribution in [0.2, 0.25) is 0 Å². The van der Waals surface area contributed by atoms with Gasteiger partial charge in [-0.1, -0.05) is 12.8 Å². The van der Waals surface area contributed by atoms with Gasteiger partial charge in [0, 0.05) is 18.4 Å². The number of benzene rings is 1. The Morgan fingerprint density at radius 1 is 1.25 bits per heavy atom. The molecule has 1 spiro atoms. The SMILES string of the molecule is N=C(N)c1ccc(OC2CCOC3(CCCC3)C2)cc1. The van der Waals surface area contributed by atoms with E-state index < -0.39 is 0 Å². The molecule has 1 saturated heterocycles. The number of ether oxygens (including phenoxy) is 2. The summed E-state index contributed by atoms with van der Waals surface area (Å²) in [5.74, 6) is 0.947. The van der Waals surface area contributed by atoms with Crippen LogP contribution in [0, 0.1) is 5.41 Å². The smallest absolute Gasteiger partial charge is 0.122 e. The molecule has 4 heteroatoms. The highest BCUT2D eigenvalue weighted by Crippen LogP contribution is 2.40. The summed E-state index contributed by atoms with van der Waals surface area (Å²) < 4.78 is 12.1. The van der Waals surface area contributed by atoms with E-state index >= 15 is 0 Å². The third-order valence-corrected chi connectivity index (χ3v) is 4.43. The molecule has 0 bridgehead atoms. The van der Waals surface area contributed by atoms with Crippen LogP contribution in [0.25, 0.3) is 0 Å². The minimum absolute atomic E-state index is 0.0856. The molecular weight excluding hydrogens is 252 g/mol. The van der Waals surface area contributed by atoms with Gasteiger partial charge in [0.25, 0.3) is 0 Å². The molecule has 20 heavy (non-hydrogen) atoms. The summed E-state index contributed by atoms with van der Waals surface area (Å²) in [4.78, 5) is 0. The van der Waals surface area contributed by atoms with Gasteiger partial charge in [-0.05, 0) is 37.1 Å². The molecule has 3 rings (SSSR count). The van der Waals surface area contributed by atoms with E-state index in [4.69, 9.17) is 20.6 Å². The number of nitrogens with one attached hydrogen (secondary N) is 1. The van der Waals surface area contributed by atoms with Gasteiger partial charge in [0.2, 0.25) is 0 Å². The van der Waals surface area contributed by atoms with Gasteiger partial charge in [-0.2, -0.15) is 0 Å². The topological polar surface area (TPSA) is 68.3 Å². The lowest BCUT2D eigenvalue weighted by molar-refractivity contribution is -0.108. The van der Waals surface area contributed by atoms with Crippen molar-refractivity contribution >= 4 is 5.84 Å². The van der Waals surface area contributed by atoms with Crippen molar-refractivity contribution in [1.29, 1.82) is 5.41 Å². The number of hydrogen-bond acceptors (Lipinski definition) is 3. The number of nitrogen functional groups attached to an aromatic ring is 1. The van der Waals surface area contributed by atoms with Crippen LogP contribution in [0.4, 0.5) is 0 Å². The number of rotatable bonds is 3. The zero-order chi connectivity index (χ0) is 14.0. The predicted octanol–water partition coefficient (Wildman–Crippen LogP) is 2.84. The third-order valence-electron chi connectivity index (χ3n) is 4.43. The molecule has 0 radical (unpaired) electrons. The molecule has 3 N–H and O–H groups in total. The molecule has 1 atom stereocenters. The summed E-state index contributed by atoms with van der Waals surface area (Å²) in [6, 6.07) is 7.46. The summed E-state index contributed by atoms with van der Waals surface area (Å²) >= 11 is 0. The van der Waals surface area contributed by atoms with Crippen LogP contribution in [0.5, 0.6) is 5.75 Å². The number of amidine groups is 1. The second-order valence-electron chi connectivity index (χ2n) is 5.91. The highest BCUT2D eigenvalue weighted by Gasteiger charge is 2.40. The molecule has 4 nitrogen and oxygen atoms in total. The van der Waals surface area contributed by atoms with Gasteiger partial charge in [-0.15, -0.1) is 0 Å². The van der Waals surface area contributed by atoms with Gasteiger partial charge < -0.3 is 15.2 Å². The van der Waals surface area contributed by atoms with Gasteiger partial charge >= 0.3 is 0 Å². The van der Waals surface area contributed by atoms with Crippen LogP contribution in [0.1, 0.15) is 44.1 Å². The van der Waals surface area contributed by atoms with Crippen molar-refractivity contribution in [2.45, 2.75) is 50.2 Å². The van der Waals surface area contributed by atoms with Crippen molar-refractivity contribution in [1.82, 2.24) is 0 Å². The molecule has 2 aliphatic rings. The van der Waals surface area contributed by atoms with E-state index in [1.54, 1.807) is 0 Å². The molecule has 2 fully saturated rings. The lowest BCUT2D eigenvalue weighted by Gasteiger charge is -2.38. The maximum Gasteiger partial charge on any atom is 0.122 e. The minimum Gasteiger partial charge on any atom is -0.490 e. The molecule has 0 aromatic heterocycles. The van der Waals surface area contributed by atoms with Crippen LogP contribution >= 0.6 is 0 Å². The first-order chi connectivity index (χ1) is 9.67. The molecule has 0 amide bonds. The standard InChI is InChI=1S/C16H22N2O2/c17-15(18)12-3-5-13(6-4-12)20-14-7-10-19-16(11-14)8-1-2-9-16/h3-6,14H,1-2,7-11H2,(H3,17,18). The monoisotopic (exact) mass is 274 g/mol. The molecule has 1 aromatic rings. The first-order valence-corrected chi connectivity index (χ1v) is 7.42. The largest absolute Gasteiger partial charge is 0.490 e. The fourth-order valence-corrected chi connectivity index (χ4v) is 3.36. The quantitative estimate of drug-likeness (QED) is 0.658. The van der Waals surface area contributed by atoms with Crippen LogP contribution < -0.4 is 10.5 Å². The molecule has 108 valence electrons. The van der Waals surface area contributed by atoms with Gasteiger partial charge in [0.1, 0.15) is 17.7 Å². The van der Waals surface area contributed by atoms with E-state index in [0.717, 1.165) is 30.8 Å². The summed E-state index contributed by atoms with van der Waals surface area (Å²) in [6.07, 6.45) is 7.11. The second kappa shape index (κ2) is 5.44.